The summed E-state index contributed by atoms with van der Waals surface area (Å²) in [6, 6.07) is 0. The number of esters is 1. The molecule has 2 N–H and O–H groups in total. The molecule has 4 aliphatic carbocycles. The van der Waals surface area contributed by atoms with E-state index >= 15 is 0 Å². The van der Waals surface area contributed by atoms with E-state index in [-0.39, 0.29) is 66.5 Å². The minimum atomic E-state index is -0.974. The molecular formula is C27H37BNO7. The van der Waals surface area contributed by atoms with Gasteiger partial charge in [0.25, 0.3) is 0 Å². The first-order valence-corrected chi connectivity index (χ1v) is 13.7. The van der Waals surface area contributed by atoms with Crippen molar-refractivity contribution >= 4 is 25.4 Å². The number of cyclic esters (lactones) is 1. The summed E-state index contributed by atoms with van der Waals surface area (Å²) in [6.45, 7) is 4.63. The van der Waals surface area contributed by atoms with Crippen molar-refractivity contribution in [3.8, 4) is 0 Å². The number of hydrogen-bond acceptors (Lipinski definition) is 7. The molecule has 2 aliphatic heterocycles. The lowest BCUT2D eigenvalue weighted by molar-refractivity contribution is -0.244. The van der Waals surface area contributed by atoms with Gasteiger partial charge >= 0.3 is 13.6 Å². The molecule has 5 fully saturated rings. The minimum Gasteiger partial charge on any atom is -0.458 e. The zero-order valence-corrected chi connectivity index (χ0v) is 21.3. The van der Waals surface area contributed by atoms with Gasteiger partial charge in [-0.2, -0.15) is 0 Å². The fraction of sp³-hybridized carbons (Fsp3) is 0.815. The molecule has 0 aromatic heterocycles. The summed E-state index contributed by atoms with van der Waals surface area (Å²) in [4.78, 5) is 36.7. The average molecular weight is 498 g/mol. The molecule has 9 atom stereocenters. The van der Waals surface area contributed by atoms with Crippen LogP contribution in [-0.2, 0) is 23.8 Å². The van der Waals surface area contributed by atoms with Crippen LogP contribution in [0.3, 0.4) is 0 Å². The molecule has 9 heteroatoms. The Morgan fingerprint density at radius 1 is 1.03 bits per heavy atom. The second kappa shape index (κ2) is 8.40. The molecule has 4 saturated carbocycles. The Morgan fingerprint density at radius 2 is 1.78 bits per heavy atom. The van der Waals surface area contributed by atoms with Crippen LogP contribution in [0.2, 0.25) is 0 Å². The Bertz CT molecular complexity index is 1000. The third kappa shape index (κ3) is 3.34. The third-order valence-corrected chi connectivity index (χ3v) is 11.5. The quantitative estimate of drug-likeness (QED) is 0.347. The molecule has 0 aromatic carbocycles. The van der Waals surface area contributed by atoms with Gasteiger partial charge in [-0.3, -0.25) is 9.59 Å². The van der Waals surface area contributed by atoms with E-state index in [2.05, 4.69) is 6.92 Å². The summed E-state index contributed by atoms with van der Waals surface area (Å²) in [5, 5.41) is 24.0. The largest absolute Gasteiger partial charge is 0.458 e. The Balaban J connectivity index is 1.19. The fourth-order valence-corrected chi connectivity index (χ4v) is 9.33. The molecule has 0 unspecified atom stereocenters. The maximum Gasteiger partial charge on any atom is 0.448 e. The van der Waals surface area contributed by atoms with Crippen molar-refractivity contribution < 1.29 is 34.0 Å². The number of hydrogen-bond donors (Lipinski definition) is 2. The van der Waals surface area contributed by atoms with Crippen LogP contribution in [-0.4, -0.2) is 64.8 Å². The molecule has 2 heterocycles. The SMILES string of the molecule is C[C@]12CC[C@H](O[B]N3C(=O)CCC3=O)C[C@H]1CC[C@@H]1[C@@H]2C[C@@H](O)[C@]2(C)[C@@H](C3=CC(=O)OC3)CC[C@]12O. The molecule has 2 amide bonds. The van der Waals surface area contributed by atoms with Crippen molar-refractivity contribution in [3.63, 3.8) is 0 Å². The van der Waals surface area contributed by atoms with Crippen molar-refractivity contribution in [3.05, 3.63) is 11.6 Å². The molecule has 6 rings (SSSR count). The zero-order chi connectivity index (χ0) is 25.5. The van der Waals surface area contributed by atoms with Crippen molar-refractivity contribution in [1.82, 2.24) is 4.81 Å². The summed E-state index contributed by atoms with van der Waals surface area (Å²) >= 11 is 0. The molecule has 195 valence electrons. The van der Waals surface area contributed by atoms with Gasteiger partial charge < -0.3 is 24.4 Å². The van der Waals surface area contributed by atoms with Crippen LogP contribution in [0.1, 0.15) is 78.1 Å². The van der Waals surface area contributed by atoms with Crippen molar-refractivity contribution in [1.29, 1.82) is 0 Å². The van der Waals surface area contributed by atoms with Gasteiger partial charge in [-0.15, -0.1) is 0 Å². The van der Waals surface area contributed by atoms with Gasteiger partial charge in [0.1, 0.15) is 6.61 Å². The number of carbonyl (C=O) groups is 3. The van der Waals surface area contributed by atoms with Gasteiger partial charge in [0, 0.05) is 30.4 Å². The number of fused-ring (bicyclic) bond motifs is 5. The highest BCUT2D eigenvalue weighted by Crippen LogP contribution is 2.70. The molecular weight excluding hydrogens is 461 g/mol. The Labute approximate surface area is 213 Å². The first kappa shape index (κ1) is 24.6. The highest BCUT2D eigenvalue weighted by Gasteiger charge is 2.70. The monoisotopic (exact) mass is 498 g/mol. The molecule has 1 saturated heterocycles. The molecule has 1 radical (unpaired) electrons. The highest BCUT2D eigenvalue weighted by molar-refractivity contribution is 6.38. The summed E-state index contributed by atoms with van der Waals surface area (Å²) in [5.41, 5.74) is -0.761. The molecule has 0 bridgehead atoms. The Kier molecular flexibility index (Phi) is 5.75. The number of aliphatic hydroxyl groups is 2. The first-order valence-electron chi connectivity index (χ1n) is 13.7. The Hall–Kier alpha value is -1.71. The van der Waals surface area contributed by atoms with Crippen LogP contribution >= 0.6 is 0 Å². The Morgan fingerprint density at radius 3 is 2.47 bits per heavy atom. The van der Waals surface area contributed by atoms with E-state index in [9.17, 15) is 24.6 Å². The zero-order valence-electron chi connectivity index (χ0n) is 21.3. The lowest BCUT2D eigenvalue weighted by Crippen LogP contribution is -2.67. The predicted molar refractivity (Wildman–Crippen MR) is 129 cm³/mol. The number of rotatable bonds is 4. The average Bonchev–Trinajstić information content (AvgIpc) is 3.49. The van der Waals surface area contributed by atoms with E-state index in [4.69, 9.17) is 9.39 Å². The van der Waals surface area contributed by atoms with Gasteiger partial charge in [0.15, 0.2) is 0 Å². The van der Waals surface area contributed by atoms with E-state index in [1.807, 2.05) is 6.92 Å². The van der Waals surface area contributed by atoms with Crippen molar-refractivity contribution in [2.24, 2.45) is 34.5 Å². The van der Waals surface area contributed by atoms with Gasteiger partial charge in [0.2, 0.25) is 11.8 Å². The van der Waals surface area contributed by atoms with E-state index < -0.39 is 17.1 Å². The number of ether oxygens (including phenoxy) is 1. The second-order valence-corrected chi connectivity index (χ2v) is 12.7. The summed E-state index contributed by atoms with van der Waals surface area (Å²) in [6.07, 6.45) is 7.93. The number of aliphatic hydroxyl groups excluding tert-OH is 1. The minimum absolute atomic E-state index is 0.0100. The number of imide groups is 1. The van der Waals surface area contributed by atoms with E-state index in [1.165, 1.54) is 7.62 Å². The predicted octanol–water partition coefficient (Wildman–Crippen LogP) is 2.28. The van der Waals surface area contributed by atoms with Gasteiger partial charge in [-0.1, -0.05) is 13.8 Å². The molecule has 8 nitrogen and oxygen atoms in total. The van der Waals surface area contributed by atoms with Crippen LogP contribution in [0.4, 0.5) is 0 Å². The van der Waals surface area contributed by atoms with Crippen LogP contribution in [0.25, 0.3) is 0 Å². The molecule has 36 heavy (non-hydrogen) atoms. The van der Waals surface area contributed by atoms with E-state index in [1.54, 1.807) is 6.08 Å². The van der Waals surface area contributed by atoms with Crippen molar-refractivity contribution in [2.75, 3.05) is 6.61 Å². The molecule has 0 aromatic rings. The normalized spacial score (nSPS) is 48.3. The van der Waals surface area contributed by atoms with Crippen LogP contribution in [0.15, 0.2) is 11.6 Å². The third-order valence-electron chi connectivity index (χ3n) is 11.5. The smallest absolute Gasteiger partial charge is 0.448 e. The van der Waals surface area contributed by atoms with Gasteiger partial charge in [-0.05, 0) is 86.0 Å². The first-order chi connectivity index (χ1) is 17.1. The van der Waals surface area contributed by atoms with Crippen LogP contribution in [0, 0.1) is 34.5 Å². The van der Waals surface area contributed by atoms with Gasteiger partial charge in [-0.25, -0.2) is 4.79 Å². The second-order valence-electron chi connectivity index (χ2n) is 12.7. The molecule has 6 aliphatic rings. The number of carbonyl (C=O) groups excluding carboxylic acids is 3. The topological polar surface area (TPSA) is 113 Å². The van der Waals surface area contributed by atoms with Crippen LogP contribution < -0.4 is 0 Å². The maximum absolute atomic E-state index is 12.3. The summed E-state index contributed by atoms with van der Waals surface area (Å²) in [7, 11) is 1.33. The lowest BCUT2D eigenvalue weighted by atomic mass is 9.42. The number of amides is 2. The van der Waals surface area contributed by atoms with E-state index in [0.717, 1.165) is 48.9 Å². The van der Waals surface area contributed by atoms with E-state index in [0.29, 0.717) is 18.8 Å². The number of nitrogens with zero attached hydrogens (tertiary/aromatic N) is 1. The van der Waals surface area contributed by atoms with Crippen LogP contribution in [0.5, 0.6) is 0 Å². The molecule has 0 spiro atoms. The summed E-state index contributed by atoms with van der Waals surface area (Å²) < 4.78 is 11.1. The highest BCUT2D eigenvalue weighted by atomic mass is 16.5. The maximum atomic E-state index is 12.3. The standard InChI is InChI=1S/C27H37BNO7/c1-25-9-7-17(36-28-29-22(31)5-6-23(29)32)12-16(25)3-4-19-20(25)13-21(30)26(2)18(8-10-27(19,26)34)15-11-24(33)35-14-15/h11,16-21,30,34H,3-10,12-14H2,1-2H3/t16-,17+,18-,19-,20+,21-,25+,26+,27+/m1/s1. The van der Waals surface area contributed by atoms with Crippen molar-refractivity contribution in [2.45, 2.75) is 95.9 Å². The fourth-order valence-electron chi connectivity index (χ4n) is 9.33. The van der Waals surface area contributed by atoms with Gasteiger partial charge in [0.05, 0.1) is 11.7 Å². The summed E-state index contributed by atoms with van der Waals surface area (Å²) in [5.74, 6) is -0.0525. The lowest BCUT2D eigenvalue weighted by Gasteiger charge is -2.65.